The lowest BCUT2D eigenvalue weighted by Crippen LogP contribution is -2.67. The van der Waals surface area contributed by atoms with Crippen molar-refractivity contribution in [3.63, 3.8) is 0 Å². The van der Waals surface area contributed by atoms with Crippen molar-refractivity contribution in [1.29, 1.82) is 0 Å². The van der Waals surface area contributed by atoms with Gasteiger partial charge in [-0.05, 0) is 75.8 Å². The van der Waals surface area contributed by atoms with Crippen molar-refractivity contribution in [2.45, 2.75) is 63.6 Å². The molecule has 1 heterocycles. The quantitative estimate of drug-likeness (QED) is 0.152. The van der Waals surface area contributed by atoms with E-state index in [0.29, 0.717) is 6.04 Å². The van der Waals surface area contributed by atoms with Gasteiger partial charge in [-0.2, -0.15) is 5.10 Å². The maximum atomic E-state index is 7.49. The standard InChI is InChI=1S/C31H34BrIN2OSi/c1-31(2,3)37(27-13-6-4-7-14-27,28-15-8-5-9-16-28)36-26-12-10-11-25(21-26)35-22-29(33)30(34-35)23-17-19-24(32)20-18-23/h4-9,13-20,22,25-26H,10-12,21H2,1-3H3. The lowest BCUT2D eigenvalue weighted by atomic mass is 9.93. The highest BCUT2D eigenvalue weighted by Crippen LogP contribution is 2.41. The number of nitrogens with zero attached hydrogens (tertiary/aromatic N) is 2. The number of rotatable bonds is 6. The van der Waals surface area contributed by atoms with E-state index in [1.54, 1.807) is 0 Å². The van der Waals surface area contributed by atoms with Gasteiger partial charge in [0.2, 0.25) is 0 Å². The fourth-order valence-corrected chi connectivity index (χ4v) is 11.5. The smallest absolute Gasteiger partial charge is 0.261 e. The molecule has 1 aliphatic carbocycles. The van der Waals surface area contributed by atoms with Crippen LogP contribution in [0.5, 0.6) is 0 Å². The highest BCUT2D eigenvalue weighted by atomic mass is 127. The van der Waals surface area contributed by atoms with E-state index in [4.69, 9.17) is 9.52 Å². The predicted octanol–water partition coefficient (Wildman–Crippen LogP) is 7.98. The van der Waals surface area contributed by atoms with Crippen LogP contribution in [0.15, 0.2) is 95.6 Å². The third kappa shape index (κ3) is 5.53. The normalized spacial score (nSPS) is 18.6. The summed E-state index contributed by atoms with van der Waals surface area (Å²) in [7, 11) is -2.57. The van der Waals surface area contributed by atoms with E-state index in [1.165, 1.54) is 13.9 Å². The van der Waals surface area contributed by atoms with Crippen molar-refractivity contribution in [2.24, 2.45) is 0 Å². The van der Waals surface area contributed by atoms with Gasteiger partial charge in [0, 0.05) is 22.3 Å². The summed E-state index contributed by atoms with van der Waals surface area (Å²) in [5, 5.41) is 7.76. The van der Waals surface area contributed by atoms with Crippen molar-refractivity contribution < 1.29 is 4.43 Å². The Bertz CT molecular complexity index is 1280. The molecule has 0 bridgehead atoms. The van der Waals surface area contributed by atoms with Crippen LogP contribution in [0.25, 0.3) is 11.3 Å². The summed E-state index contributed by atoms with van der Waals surface area (Å²) >= 11 is 5.97. The monoisotopic (exact) mass is 684 g/mol. The zero-order valence-electron chi connectivity index (χ0n) is 21.7. The molecule has 1 fully saturated rings. The maximum Gasteiger partial charge on any atom is 0.261 e. The molecule has 6 heteroatoms. The summed E-state index contributed by atoms with van der Waals surface area (Å²) in [4.78, 5) is 0. The van der Waals surface area contributed by atoms with Gasteiger partial charge in [-0.15, -0.1) is 0 Å². The molecule has 0 N–H and O–H groups in total. The van der Waals surface area contributed by atoms with Crippen LogP contribution in [0.1, 0.15) is 52.5 Å². The van der Waals surface area contributed by atoms with Crippen LogP contribution in [0.3, 0.4) is 0 Å². The molecule has 1 aromatic heterocycles. The minimum absolute atomic E-state index is 0.0154. The minimum Gasteiger partial charge on any atom is -0.404 e. The second kappa shape index (κ2) is 11.2. The minimum atomic E-state index is -2.57. The molecule has 0 spiro atoms. The average molecular weight is 686 g/mol. The van der Waals surface area contributed by atoms with E-state index in [-0.39, 0.29) is 11.1 Å². The number of hydrogen-bond donors (Lipinski definition) is 0. The van der Waals surface area contributed by atoms with Gasteiger partial charge in [-0.1, -0.05) is 109 Å². The first-order valence-electron chi connectivity index (χ1n) is 13.1. The fraction of sp³-hybridized carbons (Fsp3) is 0.323. The molecule has 1 aliphatic rings. The molecule has 37 heavy (non-hydrogen) atoms. The van der Waals surface area contributed by atoms with Crippen LogP contribution in [0.2, 0.25) is 5.04 Å². The molecule has 0 aliphatic heterocycles. The van der Waals surface area contributed by atoms with Gasteiger partial charge >= 0.3 is 0 Å². The fourth-order valence-electron chi connectivity index (χ4n) is 5.77. The number of benzene rings is 3. The van der Waals surface area contributed by atoms with Crippen LogP contribution >= 0.6 is 38.5 Å². The third-order valence-corrected chi connectivity index (χ3v) is 13.9. The molecule has 3 nitrogen and oxygen atoms in total. The molecule has 2 atom stereocenters. The van der Waals surface area contributed by atoms with Crippen molar-refractivity contribution in [3.05, 3.63) is 99.2 Å². The first kappa shape index (κ1) is 26.8. The van der Waals surface area contributed by atoms with Crippen LogP contribution < -0.4 is 10.4 Å². The summed E-state index contributed by atoms with van der Waals surface area (Å²) < 4.78 is 12.0. The second-order valence-corrected chi connectivity index (χ2v) is 17.4. The molecule has 0 radical (unpaired) electrons. The van der Waals surface area contributed by atoms with Gasteiger partial charge < -0.3 is 4.43 Å². The van der Waals surface area contributed by atoms with E-state index in [0.717, 1.165) is 41.4 Å². The Hall–Kier alpha value is -1.74. The molecule has 1 saturated carbocycles. The third-order valence-electron chi connectivity index (χ3n) is 7.54. The van der Waals surface area contributed by atoms with E-state index < -0.39 is 8.32 Å². The Balaban J connectivity index is 1.47. The molecule has 192 valence electrons. The topological polar surface area (TPSA) is 27.1 Å². The molecule has 3 aromatic carbocycles. The predicted molar refractivity (Wildman–Crippen MR) is 168 cm³/mol. The molecule has 0 amide bonds. The van der Waals surface area contributed by atoms with Crippen molar-refractivity contribution >= 4 is 57.2 Å². The van der Waals surface area contributed by atoms with Gasteiger partial charge in [-0.3, -0.25) is 4.68 Å². The lowest BCUT2D eigenvalue weighted by Gasteiger charge is -2.46. The summed E-state index contributed by atoms with van der Waals surface area (Å²) in [5.74, 6) is 0. The van der Waals surface area contributed by atoms with Gasteiger partial charge in [0.25, 0.3) is 8.32 Å². The van der Waals surface area contributed by atoms with Gasteiger partial charge in [0.05, 0.1) is 9.61 Å². The molecule has 4 aromatic rings. The Labute approximate surface area is 244 Å². The van der Waals surface area contributed by atoms with Gasteiger partial charge in [0.15, 0.2) is 0 Å². The van der Waals surface area contributed by atoms with Crippen LogP contribution in [-0.2, 0) is 4.43 Å². The summed E-state index contributed by atoms with van der Waals surface area (Å²) in [6.45, 7) is 7.08. The summed E-state index contributed by atoms with van der Waals surface area (Å²) in [6.07, 6.45) is 6.79. The van der Waals surface area contributed by atoms with Crippen molar-refractivity contribution in [3.8, 4) is 11.3 Å². The largest absolute Gasteiger partial charge is 0.404 e. The van der Waals surface area contributed by atoms with E-state index in [1.807, 2.05) is 0 Å². The lowest BCUT2D eigenvalue weighted by molar-refractivity contribution is 0.112. The molecular weight excluding hydrogens is 651 g/mol. The SMILES string of the molecule is CC(C)(C)[Si](OC1CCCC(n2cc(I)c(-c3ccc(Br)cc3)n2)C1)(c1ccccc1)c1ccccc1. The van der Waals surface area contributed by atoms with E-state index in [9.17, 15) is 0 Å². The zero-order valence-corrected chi connectivity index (χ0v) is 26.4. The Kier molecular flexibility index (Phi) is 8.10. The Morgan fingerprint density at radius 1 is 0.892 bits per heavy atom. The molecule has 5 rings (SSSR count). The number of halogens is 2. The highest BCUT2D eigenvalue weighted by molar-refractivity contribution is 14.1. The van der Waals surface area contributed by atoms with Crippen molar-refractivity contribution in [2.75, 3.05) is 0 Å². The average Bonchev–Trinajstić information content (AvgIpc) is 3.30. The van der Waals surface area contributed by atoms with Crippen LogP contribution in [-0.4, -0.2) is 24.2 Å². The molecule has 2 unspecified atom stereocenters. The number of hydrogen-bond acceptors (Lipinski definition) is 2. The second-order valence-electron chi connectivity index (χ2n) is 11.0. The first-order valence-corrected chi connectivity index (χ1v) is 16.9. The van der Waals surface area contributed by atoms with E-state index >= 15 is 0 Å². The van der Waals surface area contributed by atoms with E-state index in [2.05, 4.69) is 155 Å². The Morgan fingerprint density at radius 3 is 2.05 bits per heavy atom. The highest BCUT2D eigenvalue weighted by Gasteiger charge is 2.51. The summed E-state index contributed by atoms with van der Waals surface area (Å²) in [6, 6.07) is 30.8. The zero-order chi connectivity index (χ0) is 26.0. The molecule has 0 saturated heterocycles. The van der Waals surface area contributed by atoms with Gasteiger partial charge in [-0.25, -0.2) is 0 Å². The first-order chi connectivity index (χ1) is 17.8. The van der Waals surface area contributed by atoms with Gasteiger partial charge in [0.1, 0.15) is 5.69 Å². The number of aromatic nitrogens is 2. The van der Waals surface area contributed by atoms with Crippen LogP contribution in [0.4, 0.5) is 0 Å². The van der Waals surface area contributed by atoms with Crippen molar-refractivity contribution in [1.82, 2.24) is 9.78 Å². The maximum absolute atomic E-state index is 7.49. The molecular formula is C31H34BrIN2OSi. The van der Waals surface area contributed by atoms with Crippen LogP contribution in [0, 0.1) is 3.57 Å². The summed E-state index contributed by atoms with van der Waals surface area (Å²) in [5.41, 5.74) is 2.21. The Morgan fingerprint density at radius 2 is 1.49 bits per heavy atom.